The Kier molecular flexibility index (Phi) is 29.1. The first kappa shape index (κ1) is 66.9. The van der Waals surface area contributed by atoms with Crippen LogP contribution in [0.5, 0.6) is 0 Å². The van der Waals surface area contributed by atoms with Crippen LogP contribution < -0.4 is 71.6 Å². The molecule has 0 unspecified atom stereocenters. The molecule has 0 saturated carbocycles. The van der Waals surface area contributed by atoms with Crippen molar-refractivity contribution in [2.75, 3.05) is 13.1 Å². The molecule has 11 amide bonds. The van der Waals surface area contributed by atoms with E-state index in [0.717, 1.165) is 4.90 Å². The van der Waals surface area contributed by atoms with Gasteiger partial charge < -0.3 is 81.6 Å². The molecule has 1 aliphatic heterocycles. The van der Waals surface area contributed by atoms with Crippen LogP contribution in [-0.4, -0.2) is 154 Å². The van der Waals surface area contributed by atoms with Crippen molar-refractivity contribution in [1.82, 2.24) is 42.1 Å². The third-order valence-electron chi connectivity index (χ3n) is 12.5. The molecule has 1 fully saturated rings. The summed E-state index contributed by atoms with van der Waals surface area (Å²) in [6, 6.07) is -12.3. The van der Waals surface area contributed by atoms with Gasteiger partial charge in [-0.3, -0.25) is 57.7 Å². The van der Waals surface area contributed by atoms with Gasteiger partial charge in [0.15, 0.2) is 5.96 Å². The van der Waals surface area contributed by atoms with Crippen molar-refractivity contribution in [1.29, 1.82) is 0 Å². The van der Waals surface area contributed by atoms with Crippen molar-refractivity contribution < 1.29 is 62.6 Å². The lowest BCUT2D eigenvalue weighted by molar-refractivity contribution is -0.144. The largest absolute Gasteiger partial charge is 0.480 e. The minimum atomic E-state index is -1.74. The van der Waals surface area contributed by atoms with Gasteiger partial charge in [0.1, 0.15) is 48.3 Å². The Balaban J connectivity index is 3.60. The normalized spacial score (nSPS) is 16.8. The van der Waals surface area contributed by atoms with Gasteiger partial charge >= 0.3 is 5.97 Å². The molecule has 28 nitrogen and oxygen atoms in total. The standard InChI is InChI=1S/C48H85N15O13/c1-9-26(8)38(62-42(70)30(20-23(2)3)59-44(72)37(52)25(6)7)45(73)58-29(15-17-35(50)65)40(68)56-27(12-10-18-55-48(53)54)39(67)60-31(22-36(51)66)46(74)63-19-11-13-33(63)43(71)57-28(14-16-34(49)64)41(69)61-32(47(75)76)21-24(4)5/h23-33,37-38H,9-22,52H2,1-8H3,(H2,49,64)(H2,50,65)(H2,51,66)(H,56,68)(H,57,71)(H,58,73)(H,59,72)(H,60,67)(H,61,69)(H,62,70)(H,75,76)(H4,53,54,55)/t26-,27-,28-,29-,30-,31-,32-,33-,37-,38-/m0/s1. The highest BCUT2D eigenvalue weighted by molar-refractivity contribution is 5.99. The first-order chi connectivity index (χ1) is 35.4. The highest BCUT2D eigenvalue weighted by Crippen LogP contribution is 2.21. The third kappa shape index (κ3) is 24.0. The summed E-state index contributed by atoms with van der Waals surface area (Å²) in [4.78, 5) is 164. The van der Waals surface area contributed by atoms with E-state index in [9.17, 15) is 62.6 Å². The van der Waals surface area contributed by atoms with Gasteiger partial charge in [-0.25, -0.2) is 4.79 Å². The topological polar surface area (TPSA) is 481 Å². The number of aliphatic imine (C=N–C) groups is 1. The van der Waals surface area contributed by atoms with Crippen molar-refractivity contribution in [2.45, 2.75) is 187 Å². The molecule has 0 aliphatic carbocycles. The van der Waals surface area contributed by atoms with Crippen molar-refractivity contribution in [3.63, 3.8) is 0 Å². The van der Waals surface area contributed by atoms with Crippen LogP contribution in [0.25, 0.3) is 0 Å². The van der Waals surface area contributed by atoms with Gasteiger partial charge in [-0.2, -0.15) is 0 Å². The molecular formula is C48H85N15O13. The van der Waals surface area contributed by atoms with Gasteiger partial charge in [0, 0.05) is 25.9 Å². The SMILES string of the molecule is CC[C@H](C)[C@H](NC(=O)[C@H](CC(C)C)NC(=O)[C@@H](N)C(C)C)C(=O)N[C@@H](CCC(N)=O)C(=O)N[C@@H](CCCN=C(N)N)C(=O)N[C@@H](CC(N)=O)C(=O)N1CCC[C@H]1C(=O)N[C@@H](CCC(N)=O)C(=O)N[C@@H](CC(C)C)C(=O)O. The summed E-state index contributed by atoms with van der Waals surface area (Å²) in [5, 5.41) is 27.5. The number of carboxylic acids is 1. The molecule has 0 spiro atoms. The molecule has 0 bridgehead atoms. The summed E-state index contributed by atoms with van der Waals surface area (Å²) in [5.41, 5.74) is 33.3. The van der Waals surface area contributed by atoms with Crippen LogP contribution in [0.3, 0.4) is 0 Å². The average Bonchev–Trinajstić information content (AvgIpc) is 3.82. The quantitative estimate of drug-likeness (QED) is 0.0164. The van der Waals surface area contributed by atoms with Gasteiger partial charge in [0.2, 0.25) is 65.0 Å². The minimum absolute atomic E-state index is 0.0326. The summed E-state index contributed by atoms with van der Waals surface area (Å²) in [7, 11) is 0. The number of carbonyl (C=O) groups is 12. The van der Waals surface area contributed by atoms with E-state index in [1.807, 2.05) is 13.8 Å². The van der Waals surface area contributed by atoms with Crippen LogP contribution in [0, 0.1) is 23.7 Å². The summed E-state index contributed by atoms with van der Waals surface area (Å²) < 4.78 is 0. The highest BCUT2D eigenvalue weighted by atomic mass is 16.4. The first-order valence-electron chi connectivity index (χ1n) is 25.7. The molecule has 28 heteroatoms. The van der Waals surface area contributed by atoms with E-state index in [-0.39, 0.29) is 94.6 Å². The van der Waals surface area contributed by atoms with Gasteiger partial charge in [0.25, 0.3) is 0 Å². The number of rotatable bonds is 35. The molecule has 1 aliphatic rings. The van der Waals surface area contributed by atoms with E-state index in [2.05, 4.69) is 42.2 Å². The Morgan fingerprint density at radius 1 is 0.579 bits per heavy atom. The highest BCUT2D eigenvalue weighted by Gasteiger charge is 2.41. The second-order valence-electron chi connectivity index (χ2n) is 20.4. The number of amides is 11. The zero-order chi connectivity index (χ0) is 58.1. The Bertz CT molecular complexity index is 2080. The molecule has 0 aromatic rings. The van der Waals surface area contributed by atoms with Crippen LogP contribution in [0.15, 0.2) is 4.99 Å². The van der Waals surface area contributed by atoms with E-state index in [4.69, 9.17) is 34.4 Å². The van der Waals surface area contributed by atoms with Gasteiger partial charge in [-0.05, 0) is 75.0 Å². The predicted octanol–water partition coefficient (Wildman–Crippen LogP) is -3.96. The number of nitrogens with two attached hydrogens (primary N) is 6. The van der Waals surface area contributed by atoms with E-state index in [1.165, 1.54) is 0 Å². The Labute approximate surface area is 443 Å². The summed E-state index contributed by atoms with van der Waals surface area (Å²) in [6.07, 6.45) is -1.66. The van der Waals surface area contributed by atoms with Crippen molar-refractivity contribution in [3.05, 3.63) is 0 Å². The Morgan fingerprint density at radius 2 is 1.04 bits per heavy atom. The lowest BCUT2D eigenvalue weighted by Crippen LogP contribution is -2.61. The van der Waals surface area contributed by atoms with Crippen molar-refractivity contribution >= 4 is 76.9 Å². The predicted molar refractivity (Wildman–Crippen MR) is 278 cm³/mol. The maximum atomic E-state index is 14.3. The number of guanidine groups is 1. The molecule has 76 heavy (non-hydrogen) atoms. The Morgan fingerprint density at radius 3 is 1.51 bits per heavy atom. The molecule has 10 atom stereocenters. The van der Waals surface area contributed by atoms with E-state index in [1.54, 1.807) is 41.5 Å². The summed E-state index contributed by atoms with van der Waals surface area (Å²) >= 11 is 0. The number of carbonyl (C=O) groups excluding carboxylic acids is 11. The molecule has 20 N–H and O–H groups in total. The fourth-order valence-electron chi connectivity index (χ4n) is 8.06. The number of nitrogens with zero attached hydrogens (tertiary/aromatic N) is 2. The van der Waals surface area contributed by atoms with Crippen LogP contribution in [0.2, 0.25) is 0 Å². The van der Waals surface area contributed by atoms with E-state index in [0.29, 0.717) is 6.42 Å². The number of carboxylic acid groups (broad SMARTS) is 1. The van der Waals surface area contributed by atoms with Crippen molar-refractivity contribution in [3.8, 4) is 0 Å². The van der Waals surface area contributed by atoms with Crippen LogP contribution in [0.4, 0.5) is 0 Å². The molecule has 1 rings (SSSR count). The van der Waals surface area contributed by atoms with Crippen LogP contribution >= 0.6 is 0 Å². The van der Waals surface area contributed by atoms with Gasteiger partial charge in [-0.15, -0.1) is 0 Å². The van der Waals surface area contributed by atoms with Crippen LogP contribution in [-0.2, 0) is 57.5 Å². The fraction of sp³-hybridized carbons (Fsp3) is 0.729. The smallest absolute Gasteiger partial charge is 0.326 e. The zero-order valence-corrected chi connectivity index (χ0v) is 45.1. The Hall–Kier alpha value is -7.13. The van der Waals surface area contributed by atoms with Crippen LogP contribution in [0.1, 0.15) is 132 Å². The minimum Gasteiger partial charge on any atom is -0.480 e. The number of hydrogen-bond acceptors (Lipinski definition) is 14. The maximum Gasteiger partial charge on any atom is 0.326 e. The number of nitrogens with one attached hydrogen (secondary N) is 7. The monoisotopic (exact) mass is 1080 g/mol. The zero-order valence-electron chi connectivity index (χ0n) is 45.1. The molecule has 0 aromatic heterocycles. The third-order valence-corrected chi connectivity index (χ3v) is 12.5. The number of likely N-dealkylation sites (tertiary alicyclic amines) is 1. The summed E-state index contributed by atoms with van der Waals surface area (Å²) in [6.45, 7) is 13.9. The number of hydrogen-bond donors (Lipinski definition) is 14. The molecular weight excluding hydrogens is 995 g/mol. The average molecular weight is 1080 g/mol. The fourth-order valence-corrected chi connectivity index (χ4v) is 8.06. The van der Waals surface area contributed by atoms with Gasteiger partial charge in [0.05, 0.1) is 12.5 Å². The molecule has 1 heterocycles. The lowest BCUT2D eigenvalue weighted by Gasteiger charge is -2.31. The van der Waals surface area contributed by atoms with Crippen molar-refractivity contribution in [2.24, 2.45) is 63.1 Å². The first-order valence-corrected chi connectivity index (χ1v) is 25.7. The van der Waals surface area contributed by atoms with E-state index >= 15 is 0 Å². The summed E-state index contributed by atoms with van der Waals surface area (Å²) in [5.74, 6) is -12.3. The second kappa shape index (κ2) is 33.0. The molecule has 1 saturated heterocycles. The maximum absolute atomic E-state index is 14.3. The molecule has 0 radical (unpaired) electrons. The lowest BCUT2D eigenvalue weighted by atomic mass is 9.95. The molecule has 0 aromatic carbocycles. The number of primary amides is 3. The second-order valence-corrected chi connectivity index (χ2v) is 20.4. The van der Waals surface area contributed by atoms with Gasteiger partial charge in [-0.1, -0.05) is 61.8 Å². The number of aliphatic carboxylic acids is 1. The molecule has 430 valence electrons. The van der Waals surface area contributed by atoms with E-state index < -0.39 is 144 Å².